The van der Waals surface area contributed by atoms with E-state index in [1.54, 1.807) is 4.90 Å². The lowest BCUT2D eigenvalue weighted by atomic mass is 10.1. The van der Waals surface area contributed by atoms with Crippen LogP contribution < -0.4 is 5.73 Å². The van der Waals surface area contributed by atoms with Gasteiger partial charge in [0.05, 0.1) is 11.2 Å². The maximum absolute atomic E-state index is 12.4. The summed E-state index contributed by atoms with van der Waals surface area (Å²) in [6, 6.07) is 0.191. The minimum atomic E-state index is -0.124. The first-order valence-electron chi connectivity index (χ1n) is 6.56. The molecule has 0 saturated carbocycles. The average Bonchev–Trinajstić information content (AvgIpc) is 2.39. The van der Waals surface area contributed by atoms with Crippen molar-refractivity contribution in [3.63, 3.8) is 0 Å². The van der Waals surface area contributed by atoms with Crippen LogP contribution >= 0.6 is 24.0 Å². The second-order valence-corrected chi connectivity index (χ2v) is 5.62. The number of nitrogens with two attached hydrogens (primary N) is 1. The summed E-state index contributed by atoms with van der Waals surface area (Å²) >= 11 is 6.05. The van der Waals surface area contributed by atoms with E-state index in [0.29, 0.717) is 29.6 Å². The third-order valence-corrected chi connectivity index (χ3v) is 3.59. The molecule has 5 nitrogen and oxygen atoms in total. The molecule has 0 radical (unpaired) electrons. The summed E-state index contributed by atoms with van der Waals surface area (Å²) in [6.07, 6.45) is 3.16. The number of carbonyl (C=O) groups is 1. The van der Waals surface area contributed by atoms with Gasteiger partial charge in [0, 0.05) is 25.0 Å². The van der Waals surface area contributed by atoms with Gasteiger partial charge in [0.25, 0.3) is 5.91 Å². The molecule has 1 aliphatic rings. The van der Waals surface area contributed by atoms with Gasteiger partial charge in [-0.25, -0.2) is 9.97 Å². The monoisotopic (exact) mass is 318 g/mol. The van der Waals surface area contributed by atoms with Crippen molar-refractivity contribution in [2.75, 3.05) is 13.1 Å². The molecule has 1 fully saturated rings. The van der Waals surface area contributed by atoms with Crippen LogP contribution in [0.1, 0.15) is 48.9 Å². The van der Waals surface area contributed by atoms with E-state index in [1.807, 2.05) is 13.8 Å². The van der Waals surface area contributed by atoms with Crippen LogP contribution in [0.25, 0.3) is 0 Å². The maximum Gasteiger partial charge on any atom is 0.274 e. The van der Waals surface area contributed by atoms with Gasteiger partial charge in [-0.1, -0.05) is 25.4 Å². The first-order valence-corrected chi connectivity index (χ1v) is 6.94. The Morgan fingerprint density at radius 1 is 1.45 bits per heavy atom. The van der Waals surface area contributed by atoms with Gasteiger partial charge in [-0.3, -0.25) is 4.79 Å². The zero-order valence-corrected chi connectivity index (χ0v) is 13.2. The minimum absolute atomic E-state index is 0. The zero-order valence-electron chi connectivity index (χ0n) is 11.7. The molecule has 1 aromatic heterocycles. The molecular formula is C13H20Cl2N4O. The summed E-state index contributed by atoms with van der Waals surface area (Å²) in [5.41, 5.74) is 6.14. The van der Waals surface area contributed by atoms with Crippen molar-refractivity contribution in [3.8, 4) is 0 Å². The predicted molar refractivity (Wildman–Crippen MR) is 81.5 cm³/mol. The van der Waals surface area contributed by atoms with Crippen LogP contribution in [0.4, 0.5) is 0 Å². The average molecular weight is 319 g/mol. The van der Waals surface area contributed by atoms with Gasteiger partial charge in [-0.15, -0.1) is 12.4 Å². The van der Waals surface area contributed by atoms with Crippen LogP contribution in [-0.2, 0) is 0 Å². The van der Waals surface area contributed by atoms with E-state index in [-0.39, 0.29) is 30.3 Å². The highest BCUT2D eigenvalue weighted by Crippen LogP contribution is 2.19. The first-order chi connectivity index (χ1) is 8.99. The van der Waals surface area contributed by atoms with E-state index in [1.165, 1.54) is 6.20 Å². The number of amides is 1. The van der Waals surface area contributed by atoms with Crippen molar-refractivity contribution in [2.24, 2.45) is 5.73 Å². The Bertz CT molecular complexity index is 473. The Morgan fingerprint density at radius 3 is 2.60 bits per heavy atom. The fraction of sp³-hybridized carbons (Fsp3) is 0.615. The van der Waals surface area contributed by atoms with Crippen molar-refractivity contribution in [3.05, 3.63) is 22.7 Å². The van der Waals surface area contributed by atoms with E-state index in [9.17, 15) is 4.79 Å². The highest BCUT2D eigenvalue weighted by Gasteiger charge is 2.25. The summed E-state index contributed by atoms with van der Waals surface area (Å²) in [4.78, 5) is 22.6. The molecule has 1 aromatic rings. The Hall–Kier alpha value is -0.910. The normalized spacial score (nSPS) is 16.1. The molecule has 0 aliphatic carbocycles. The fourth-order valence-corrected chi connectivity index (χ4v) is 2.23. The molecule has 1 saturated heterocycles. The number of carbonyl (C=O) groups excluding carboxylic acids is 1. The van der Waals surface area contributed by atoms with Crippen LogP contribution in [0.15, 0.2) is 6.20 Å². The van der Waals surface area contributed by atoms with E-state index >= 15 is 0 Å². The molecule has 0 atom stereocenters. The molecule has 7 heteroatoms. The molecule has 1 amide bonds. The zero-order chi connectivity index (χ0) is 14.0. The van der Waals surface area contributed by atoms with Gasteiger partial charge in [0.1, 0.15) is 5.82 Å². The minimum Gasteiger partial charge on any atom is -0.337 e. The molecular weight excluding hydrogens is 299 g/mol. The summed E-state index contributed by atoms with van der Waals surface area (Å²) in [5.74, 6) is 0.682. The van der Waals surface area contributed by atoms with Crippen molar-refractivity contribution in [1.82, 2.24) is 14.9 Å². The topological polar surface area (TPSA) is 72.1 Å². The lowest BCUT2D eigenvalue weighted by molar-refractivity contribution is 0.0708. The SMILES string of the molecule is CC(C)c1ncc(Cl)c(C(=O)N2CCC(N)CC2)n1.Cl. The fourth-order valence-electron chi connectivity index (χ4n) is 2.06. The molecule has 0 unspecified atom stereocenters. The largest absolute Gasteiger partial charge is 0.337 e. The summed E-state index contributed by atoms with van der Waals surface area (Å²) < 4.78 is 0. The Balaban J connectivity index is 0.00000200. The van der Waals surface area contributed by atoms with Crippen LogP contribution in [0.5, 0.6) is 0 Å². The number of likely N-dealkylation sites (tertiary alicyclic amines) is 1. The number of nitrogens with zero attached hydrogens (tertiary/aromatic N) is 3. The number of aromatic nitrogens is 2. The van der Waals surface area contributed by atoms with Crippen molar-refractivity contribution < 1.29 is 4.79 Å². The third-order valence-electron chi connectivity index (χ3n) is 3.31. The molecule has 0 aromatic carbocycles. The molecule has 0 bridgehead atoms. The lowest BCUT2D eigenvalue weighted by Gasteiger charge is -2.30. The van der Waals surface area contributed by atoms with Gasteiger partial charge in [0.15, 0.2) is 5.69 Å². The maximum atomic E-state index is 12.4. The van der Waals surface area contributed by atoms with Crippen molar-refractivity contribution in [2.45, 2.75) is 38.6 Å². The molecule has 2 N–H and O–H groups in total. The van der Waals surface area contributed by atoms with Crippen molar-refractivity contribution in [1.29, 1.82) is 0 Å². The molecule has 2 rings (SSSR count). The van der Waals surface area contributed by atoms with E-state index in [4.69, 9.17) is 17.3 Å². The number of hydrogen-bond donors (Lipinski definition) is 1. The van der Waals surface area contributed by atoms with Crippen molar-refractivity contribution >= 4 is 29.9 Å². The second-order valence-electron chi connectivity index (χ2n) is 5.21. The highest BCUT2D eigenvalue weighted by molar-refractivity contribution is 6.33. The van der Waals surface area contributed by atoms with Crippen LogP contribution in [0, 0.1) is 0 Å². The number of halogens is 2. The molecule has 20 heavy (non-hydrogen) atoms. The number of hydrogen-bond acceptors (Lipinski definition) is 4. The number of rotatable bonds is 2. The molecule has 1 aliphatic heterocycles. The Labute approximate surface area is 130 Å². The van der Waals surface area contributed by atoms with Gasteiger partial charge in [-0.05, 0) is 12.8 Å². The van der Waals surface area contributed by atoms with Gasteiger partial charge in [0.2, 0.25) is 0 Å². The third kappa shape index (κ3) is 3.81. The molecule has 0 spiro atoms. The van der Waals surface area contributed by atoms with Crippen LogP contribution in [-0.4, -0.2) is 39.9 Å². The van der Waals surface area contributed by atoms with Crippen LogP contribution in [0.2, 0.25) is 5.02 Å². The quantitative estimate of drug-likeness (QED) is 0.907. The second kappa shape index (κ2) is 7.20. The highest BCUT2D eigenvalue weighted by atomic mass is 35.5. The molecule has 112 valence electrons. The summed E-state index contributed by atoms with van der Waals surface area (Å²) in [6.45, 7) is 5.30. The summed E-state index contributed by atoms with van der Waals surface area (Å²) in [7, 11) is 0. The predicted octanol–water partition coefficient (Wildman–Crippen LogP) is 2.24. The lowest BCUT2D eigenvalue weighted by Crippen LogP contribution is -2.43. The van der Waals surface area contributed by atoms with Gasteiger partial charge < -0.3 is 10.6 Å². The van der Waals surface area contributed by atoms with Crippen LogP contribution in [0.3, 0.4) is 0 Å². The number of piperidine rings is 1. The summed E-state index contributed by atoms with van der Waals surface area (Å²) in [5, 5.41) is 0.310. The van der Waals surface area contributed by atoms with Gasteiger partial charge >= 0.3 is 0 Å². The first kappa shape index (κ1) is 17.1. The standard InChI is InChI=1S/C13H19ClN4O.ClH/c1-8(2)12-16-7-10(14)11(17-12)13(19)18-5-3-9(15)4-6-18;/h7-9H,3-6,15H2,1-2H3;1H. The Morgan fingerprint density at radius 2 is 2.05 bits per heavy atom. The smallest absolute Gasteiger partial charge is 0.274 e. The van der Waals surface area contributed by atoms with E-state index < -0.39 is 0 Å². The Kier molecular flexibility index (Phi) is 6.17. The molecule has 2 heterocycles. The van der Waals surface area contributed by atoms with Gasteiger partial charge in [-0.2, -0.15) is 0 Å². The van der Waals surface area contributed by atoms with E-state index in [2.05, 4.69) is 9.97 Å². The van der Waals surface area contributed by atoms with E-state index in [0.717, 1.165) is 12.8 Å².